The van der Waals surface area contributed by atoms with Gasteiger partial charge in [-0.25, -0.2) is 4.79 Å². The first-order valence-corrected chi connectivity index (χ1v) is 8.74. The number of carbonyl (C=O) groups is 1. The number of nitrogens with one attached hydrogen (secondary N) is 1. The van der Waals surface area contributed by atoms with Crippen LogP contribution < -0.4 is 5.32 Å². The van der Waals surface area contributed by atoms with Crippen LogP contribution in [0.25, 0.3) is 0 Å². The van der Waals surface area contributed by atoms with Gasteiger partial charge in [-0.2, -0.15) is 5.10 Å². The Labute approximate surface area is 148 Å². The van der Waals surface area contributed by atoms with Gasteiger partial charge in [0, 0.05) is 31.9 Å². The van der Waals surface area contributed by atoms with Crippen LogP contribution in [0.2, 0.25) is 0 Å². The van der Waals surface area contributed by atoms with Crippen molar-refractivity contribution in [2.45, 2.75) is 32.4 Å². The van der Waals surface area contributed by atoms with Crippen molar-refractivity contribution < 1.29 is 9.53 Å². The van der Waals surface area contributed by atoms with Gasteiger partial charge in [0.15, 0.2) is 0 Å². The lowest BCUT2D eigenvalue weighted by atomic mass is 9.97. The first kappa shape index (κ1) is 17.5. The van der Waals surface area contributed by atoms with Gasteiger partial charge in [0.1, 0.15) is 5.60 Å². The summed E-state index contributed by atoms with van der Waals surface area (Å²) < 4.78 is 7.71. The molecule has 6 nitrogen and oxygen atoms in total. The summed E-state index contributed by atoms with van der Waals surface area (Å²) in [4.78, 5) is 14.4. The molecule has 0 aliphatic carbocycles. The fourth-order valence-electron chi connectivity index (χ4n) is 3.09. The molecule has 0 unspecified atom stereocenters. The molecule has 25 heavy (non-hydrogen) atoms. The van der Waals surface area contributed by atoms with Crippen molar-refractivity contribution in [1.82, 2.24) is 20.0 Å². The third-order valence-corrected chi connectivity index (χ3v) is 4.75. The first-order valence-electron chi connectivity index (χ1n) is 8.74. The highest BCUT2D eigenvalue weighted by Crippen LogP contribution is 2.29. The SMILES string of the molecule is CCc1ccc(CNC(=O)N2CCO[C@@](C)(c3cnn(C)c3)C2)cc1. The van der Waals surface area contributed by atoms with Gasteiger partial charge >= 0.3 is 6.03 Å². The molecule has 0 saturated carbocycles. The molecular formula is C19H26N4O2. The van der Waals surface area contributed by atoms with Crippen molar-refractivity contribution in [2.75, 3.05) is 19.7 Å². The van der Waals surface area contributed by atoms with Crippen molar-refractivity contribution in [3.8, 4) is 0 Å². The number of ether oxygens (including phenoxy) is 1. The minimum absolute atomic E-state index is 0.0574. The number of morpholine rings is 1. The Kier molecular flexibility index (Phi) is 5.08. The standard InChI is InChI=1S/C19H26N4O2/c1-4-15-5-7-16(8-6-15)11-20-18(24)23-9-10-25-19(2,14-23)17-12-21-22(3)13-17/h5-8,12-13H,4,9-11,14H2,1-3H3,(H,20,24)/t19-/m1/s1. The third-order valence-electron chi connectivity index (χ3n) is 4.75. The number of rotatable bonds is 4. The summed E-state index contributed by atoms with van der Waals surface area (Å²) >= 11 is 0. The predicted molar refractivity (Wildman–Crippen MR) is 96.1 cm³/mol. The van der Waals surface area contributed by atoms with Crippen LogP contribution in [0.15, 0.2) is 36.7 Å². The van der Waals surface area contributed by atoms with Crippen molar-refractivity contribution in [2.24, 2.45) is 7.05 Å². The van der Waals surface area contributed by atoms with Gasteiger partial charge in [-0.1, -0.05) is 31.2 Å². The lowest BCUT2D eigenvalue weighted by molar-refractivity contribution is -0.0907. The average Bonchev–Trinajstić information content (AvgIpc) is 3.07. The number of hydrogen-bond donors (Lipinski definition) is 1. The highest BCUT2D eigenvalue weighted by molar-refractivity contribution is 5.74. The number of aryl methyl sites for hydroxylation is 2. The molecular weight excluding hydrogens is 316 g/mol. The summed E-state index contributed by atoms with van der Waals surface area (Å²) in [6, 6.07) is 8.29. The van der Waals surface area contributed by atoms with Crippen LogP contribution in [-0.2, 0) is 30.4 Å². The van der Waals surface area contributed by atoms with E-state index in [0.717, 1.165) is 17.5 Å². The number of carbonyl (C=O) groups excluding carboxylic acids is 1. The molecule has 1 aromatic carbocycles. The second-order valence-corrected chi connectivity index (χ2v) is 6.73. The fraction of sp³-hybridized carbons (Fsp3) is 0.474. The molecule has 134 valence electrons. The Morgan fingerprint density at radius 3 is 2.68 bits per heavy atom. The molecule has 1 aliphatic heterocycles. The Hall–Kier alpha value is -2.34. The maximum atomic E-state index is 12.6. The largest absolute Gasteiger partial charge is 0.367 e. The van der Waals surface area contributed by atoms with Gasteiger partial charge in [0.2, 0.25) is 0 Å². The number of benzene rings is 1. The molecule has 1 aliphatic rings. The molecule has 1 fully saturated rings. The van der Waals surface area contributed by atoms with E-state index in [1.54, 1.807) is 10.9 Å². The number of nitrogens with zero attached hydrogens (tertiary/aromatic N) is 3. The summed E-state index contributed by atoms with van der Waals surface area (Å²) in [5, 5.41) is 7.23. The number of amides is 2. The van der Waals surface area contributed by atoms with Crippen molar-refractivity contribution >= 4 is 6.03 Å². The van der Waals surface area contributed by atoms with E-state index < -0.39 is 5.60 Å². The van der Waals surface area contributed by atoms with Gasteiger partial charge in [-0.05, 0) is 24.5 Å². The number of aromatic nitrogens is 2. The van der Waals surface area contributed by atoms with Gasteiger partial charge < -0.3 is 15.0 Å². The van der Waals surface area contributed by atoms with E-state index in [-0.39, 0.29) is 6.03 Å². The van der Waals surface area contributed by atoms with E-state index in [1.807, 2.05) is 25.1 Å². The monoisotopic (exact) mass is 342 g/mol. The van der Waals surface area contributed by atoms with Crippen LogP contribution >= 0.6 is 0 Å². The molecule has 2 amide bonds. The Morgan fingerprint density at radius 1 is 1.32 bits per heavy atom. The van der Waals surface area contributed by atoms with Gasteiger partial charge in [0.25, 0.3) is 0 Å². The molecule has 1 aromatic heterocycles. The molecule has 0 spiro atoms. The van der Waals surface area contributed by atoms with Gasteiger partial charge in [-0.15, -0.1) is 0 Å². The molecule has 0 radical (unpaired) electrons. The zero-order valence-electron chi connectivity index (χ0n) is 15.2. The third kappa shape index (κ3) is 4.02. The summed E-state index contributed by atoms with van der Waals surface area (Å²) in [5.41, 5.74) is 2.87. The van der Waals surface area contributed by atoms with Crippen LogP contribution in [0.5, 0.6) is 0 Å². The topological polar surface area (TPSA) is 59.4 Å². The first-order chi connectivity index (χ1) is 12.0. The number of hydrogen-bond acceptors (Lipinski definition) is 3. The summed E-state index contributed by atoms with van der Waals surface area (Å²) in [5.74, 6) is 0. The van der Waals surface area contributed by atoms with E-state index in [1.165, 1.54) is 5.56 Å². The molecule has 3 rings (SSSR count). The molecule has 6 heteroatoms. The Bertz CT molecular complexity index is 725. The minimum Gasteiger partial charge on any atom is -0.367 e. The van der Waals surface area contributed by atoms with Crippen LogP contribution in [0, 0.1) is 0 Å². The minimum atomic E-state index is -0.521. The summed E-state index contributed by atoms with van der Waals surface area (Å²) in [6.07, 6.45) is 4.76. The normalized spacial score (nSPS) is 20.5. The van der Waals surface area contributed by atoms with Gasteiger partial charge in [0.05, 0.1) is 19.3 Å². The lowest BCUT2D eigenvalue weighted by Gasteiger charge is -2.40. The van der Waals surface area contributed by atoms with Crippen molar-refractivity contribution in [1.29, 1.82) is 0 Å². The predicted octanol–water partition coefficient (Wildman–Crippen LogP) is 2.44. The molecule has 2 heterocycles. The highest BCUT2D eigenvalue weighted by Gasteiger charge is 2.36. The van der Waals surface area contributed by atoms with Crippen molar-refractivity contribution in [3.05, 3.63) is 53.3 Å². The molecule has 0 bridgehead atoms. The zero-order valence-corrected chi connectivity index (χ0v) is 15.2. The Morgan fingerprint density at radius 2 is 2.04 bits per heavy atom. The zero-order chi connectivity index (χ0) is 17.9. The van der Waals surface area contributed by atoms with E-state index in [2.05, 4.69) is 41.6 Å². The maximum Gasteiger partial charge on any atom is 0.317 e. The van der Waals surface area contributed by atoms with E-state index >= 15 is 0 Å². The highest BCUT2D eigenvalue weighted by atomic mass is 16.5. The van der Waals surface area contributed by atoms with E-state index in [9.17, 15) is 4.79 Å². The maximum absolute atomic E-state index is 12.6. The molecule has 1 N–H and O–H groups in total. The smallest absolute Gasteiger partial charge is 0.317 e. The average molecular weight is 342 g/mol. The summed E-state index contributed by atoms with van der Waals surface area (Å²) in [7, 11) is 1.88. The molecule has 1 saturated heterocycles. The Balaban J connectivity index is 1.59. The second-order valence-electron chi connectivity index (χ2n) is 6.73. The summed E-state index contributed by atoms with van der Waals surface area (Å²) in [6.45, 7) is 6.30. The van der Waals surface area contributed by atoms with Crippen LogP contribution in [-0.4, -0.2) is 40.4 Å². The molecule has 2 aromatic rings. The van der Waals surface area contributed by atoms with Crippen LogP contribution in [0.4, 0.5) is 4.79 Å². The fourth-order valence-corrected chi connectivity index (χ4v) is 3.09. The molecule has 1 atom stereocenters. The quantitative estimate of drug-likeness (QED) is 0.928. The van der Waals surface area contributed by atoms with E-state index in [4.69, 9.17) is 4.74 Å². The van der Waals surface area contributed by atoms with Gasteiger partial charge in [-0.3, -0.25) is 4.68 Å². The van der Waals surface area contributed by atoms with Crippen molar-refractivity contribution in [3.63, 3.8) is 0 Å². The van der Waals surface area contributed by atoms with E-state index in [0.29, 0.717) is 26.2 Å². The second kappa shape index (κ2) is 7.27. The number of urea groups is 1. The van der Waals surface area contributed by atoms with Crippen LogP contribution in [0.3, 0.4) is 0 Å². The van der Waals surface area contributed by atoms with Crippen LogP contribution in [0.1, 0.15) is 30.5 Å². The lowest BCUT2D eigenvalue weighted by Crippen LogP contribution is -2.53.